The SMILES string of the molecule is CC1(C(=O)NCC(=O)N2CCCC2)Oc2ccc(Cl)cc2NC1=O. The summed E-state index contributed by atoms with van der Waals surface area (Å²) < 4.78 is 5.60. The van der Waals surface area contributed by atoms with Crippen LogP contribution in [0, 0.1) is 0 Å². The molecule has 3 amide bonds. The van der Waals surface area contributed by atoms with Gasteiger partial charge in [-0.2, -0.15) is 0 Å². The molecule has 7 nitrogen and oxygen atoms in total. The summed E-state index contributed by atoms with van der Waals surface area (Å²) in [7, 11) is 0. The van der Waals surface area contributed by atoms with E-state index in [1.54, 1.807) is 23.1 Å². The van der Waals surface area contributed by atoms with Crippen LogP contribution in [-0.2, 0) is 14.4 Å². The van der Waals surface area contributed by atoms with E-state index in [9.17, 15) is 14.4 Å². The van der Waals surface area contributed by atoms with Crippen molar-refractivity contribution in [3.05, 3.63) is 23.2 Å². The maximum atomic E-state index is 12.4. The fourth-order valence-corrected chi connectivity index (χ4v) is 2.92. The number of amides is 3. The van der Waals surface area contributed by atoms with Gasteiger partial charge in [-0.25, -0.2) is 0 Å². The van der Waals surface area contributed by atoms with Crippen LogP contribution in [0.4, 0.5) is 5.69 Å². The predicted molar refractivity (Wildman–Crippen MR) is 87.9 cm³/mol. The molecule has 0 spiro atoms. The first-order chi connectivity index (χ1) is 11.4. The van der Waals surface area contributed by atoms with E-state index in [0.29, 0.717) is 29.5 Å². The average Bonchev–Trinajstić information content (AvgIpc) is 3.08. The molecule has 3 rings (SSSR count). The Morgan fingerprint density at radius 1 is 1.38 bits per heavy atom. The highest BCUT2D eigenvalue weighted by Gasteiger charge is 2.47. The number of rotatable bonds is 3. The lowest BCUT2D eigenvalue weighted by molar-refractivity contribution is -0.148. The Morgan fingerprint density at radius 2 is 2.08 bits per heavy atom. The number of hydrogen-bond donors (Lipinski definition) is 2. The third-order valence-electron chi connectivity index (χ3n) is 4.23. The van der Waals surface area contributed by atoms with Crippen LogP contribution >= 0.6 is 11.6 Å². The lowest BCUT2D eigenvalue weighted by Crippen LogP contribution is -2.59. The minimum absolute atomic E-state index is 0.154. The molecule has 1 aromatic carbocycles. The molecule has 1 unspecified atom stereocenters. The van der Waals surface area contributed by atoms with Gasteiger partial charge in [0.15, 0.2) is 0 Å². The number of benzene rings is 1. The lowest BCUT2D eigenvalue weighted by Gasteiger charge is -2.33. The Labute approximate surface area is 144 Å². The zero-order valence-corrected chi connectivity index (χ0v) is 14.0. The van der Waals surface area contributed by atoms with Crippen LogP contribution < -0.4 is 15.4 Å². The summed E-state index contributed by atoms with van der Waals surface area (Å²) >= 11 is 5.88. The summed E-state index contributed by atoms with van der Waals surface area (Å²) in [5.74, 6) is -1.08. The maximum Gasteiger partial charge on any atom is 0.278 e. The molecule has 2 heterocycles. The third-order valence-corrected chi connectivity index (χ3v) is 4.46. The summed E-state index contributed by atoms with van der Waals surface area (Å²) in [5, 5.41) is 5.56. The van der Waals surface area contributed by atoms with Gasteiger partial charge in [-0.1, -0.05) is 11.6 Å². The zero-order chi connectivity index (χ0) is 17.3. The summed E-state index contributed by atoms with van der Waals surface area (Å²) in [5.41, 5.74) is -1.34. The van der Waals surface area contributed by atoms with E-state index in [0.717, 1.165) is 12.8 Å². The van der Waals surface area contributed by atoms with Crippen molar-refractivity contribution >= 4 is 35.0 Å². The number of ether oxygens (including phenoxy) is 1. The van der Waals surface area contributed by atoms with E-state index in [1.807, 2.05) is 0 Å². The Hall–Kier alpha value is -2.28. The lowest BCUT2D eigenvalue weighted by atomic mass is 10.0. The molecule has 1 fully saturated rings. The number of likely N-dealkylation sites (tertiary alicyclic amines) is 1. The van der Waals surface area contributed by atoms with Crippen LogP contribution in [-0.4, -0.2) is 47.9 Å². The van der Waals surface area contributed by atoms with Crippen molar-refractivity contribution in [3.8, 4) is 5.75 Å². The first-order valence-electron chi connectivity index (χ1n) is 7.76. The van der Waals surface area contributed by atoms with E-state index < -0.39 is 17.4 Å². The van der Waals surface area contributed by atoms with E-state index in [-0.39, 0.29) is 12.5 Å². The highest BCUT2D eigenvalue weighted by Crippen LogP contribution is 2.35. The van der Waals surface area contributed by atoms with Gasteiger partial charge in [0.05, 0.1) is 12.2 Å². The molecule has 0 bridgehead atoms. The fourth-order valence-electron chi connectivity index (χ4n) is 2.75. The van der Waals surface area contributed by atoms with Crippen LogP contribution in [0.2, 0.25) is 5.02 Å². The average molecular weight is 352 g/mol. The van der Waals surface area contributed by atoms with Gasteiger partial charge >= 0.3 is 0 Å². The highest BCUT2D eigenvalue weighted by molar-refractivity contribution is 6.31. The minimum Gasteiger partial charge on any atom is -0.466 e. The standard InChI is InChI=1S/C16H18ClN3O4/c1-16(14(22)18-9-13(21)20-6-2-3-7-20)15(23)19-11-8-10(17)4-5-12(11)24-16/h4-5,8H,2-3,6-7,9H2,1H3,(H,18,22)(H,19,23). The fraction of sp³-hybridized carbons (Fsp3) is 0.438. The van der Waals surface area contributed by atoms with Gasteiger partial charge in [-0.3, -0.25) is 14.4 Å². The quantitative estimate of drug-likeness (QED) is 0.800. The van der Waals surface area contributed by atoms with E-state index in [1.165, 1.54) is 6.92 Å². The highest BCUT2D eigenvalue weighted by atomic mass is 35.5. The van der Waals surface area contributed by atoms with Crippen molar-refractivity contribution in [2.45, 2.75) is 25.4 Å². The Kier molecular flexibility index (Phi) is 4.36. The van der Waals surface area contributed by atoms with Crippen LogP contribution in [0.1, 0.15) is 19.8 Å². The zero-order valence-electron chi connectivity index (χ0n) is 13.2. The second kappa shape index (κ2) is 6.32. The van der Waals surface area contributed by atoms with Gasteiger partial charge in [0.1, 0.15) is 5.75 Å². The van der Waals surface area contributed by atoms with Crippen molar-refractivity contribution in [2.75, 3.05) is 25.0 Å². The number of fused-ring (bicyclic) bond motifs is 1. The van der Waals surface area contributed by atoms with Gasteiger partial charge in [0.2, 0.25) is 5.91 Å². The van der Waals surface area contributed by atoms with Gasteiger partial charge < -0.3 is 20.3 Å². The van der Waals surface area contributed by atoms with Crippen LogP contribution in [0.5, 0.6) is 5.75 Å². The number of hydrogen-bond acceptors (Lipinski definition) is 4. The molecule has 1 aromatic rings. The third kappa shape index (κ3) is 3.03. The van der Waals surface area contributed by atoms with Crippen molar-refractivity contribution in [1.82, 2.24) is 10.2 Å². The topological polar surface area (TPSA) is 87.7 Å². The smallest absolute Gasteiger partial charge is 0.278 e. The Morgan fingerprint density at radius 3 is 2.79 bits per heavy atom. The molecule has 2 aliphatic heterocycles. The van der Waals surface area contributed by atoms with Gasteiger partial charge in [-0.15, -0.1) is 0 Å². The van der Waals surface area contributed by atoms with E-state index >= 15 is 0 Å². The first kappa shape index (κ1) is 16.6. The predicted octanol–water partition coefficient (Wildman–Crippen LogP) is 1.17. The Balaban J connectivity index is 1.68. The van der Waals surface area contributed by atoms with Crippen LogP contribution in [0.3, 0.4) is 0 Å². The molecule has 0 aromatic heterocycles. The largest absolute Gasteiger partial charge is 0.466 e. The first-order valence-corrected chi connectivity index (χ1v) is 8.14. The number of carbonyl (C=O) groups excluding carboxylic acids is 3. The van der Waals surface area contributed by atoms with Crippen molar-refractivity contribution < 1.29 is 19.1 Å². The molecule has 24 heavy (non-hydrogen) atoms. The summed E-state index contributed by atoms with van der Waals surface area (Å²) in [4.78, 5) is 38.4. The summed E-state index contributed by atoms with van der Waals surface area (Å²) in [6.07, 6.45) is 1.95. The molecule has 0 saturated carbocycles. The monoisotopic (exact) mass is 351 g/mol. The Bertz CT molecular complexity index is 703. The minimum atomic E-state index is -1.74. The van der Waals surface area contributed by atoms with Crippen molar-refractivity contribution in [1.29, 1.82) is 0 Å². The van der Waals surface area contributed by atoms with E-state index in [4.69, 9.17) is 16.3 Å². The number of carbonyl (C=O) groups is 3. The second-order valence-corrected chi connectivity index (χ2v) is 6.44. The second-order valence-electron chi connectivity index (χ2n) is 6.00. The molecule has 2 N–H and O–H groups in total. The van der Waals surface area contributed by atoms with E-state index in [2.05, 4.69) is 10.6 Å². The van der Waals surface area contributed by atoms with Gasteiger partial charge in [0.25, 0.3) is 17.4 Å². The molecular formula is C16H18ClN3O4. The molecule has 1 saturated heterocycles. The molecule has 2 aliphatic rings. The van der Waals surface area contributed by atoms with Gasteiger partial charge in [-0.05, 0) is 38.0 Å². The van der Waals surface area contributed by atoms with Crippen molar-refractivity contribution in [2.24, 2.45) is 0 Å². The summed E-state index contributed by atoms with van der Waals surface area (Å²) in [6, 6.07) is 4.73. The van der Waals surface area contributed by atoms with Crippen LogP contribution in [0.25, 0.3) is 0 Å². The molecule has 8 heteroatoms. The number of halogens is 1. The molecular weight excluding hydrogens is 334 g/mol. The molecule has 128 valence electrons. The summed E-state index contributed by atoms with van der Waals surface area (Å²) in [6.45, 7) is 2.63. The number of nitrogens with one attached hydrogen (secondary N) is 2. The molecule has 0 aliphatic carbocycles. The maximum absolute atomic E-state index is 12.4. The van der Waals surface area contributed by atoms with Crippen molar-refractivity contribution in [3.63, 3.8) is 0 Å². The molecule has 1 atom stereocenters. The number of nitrogens with zero attached hydrogens (tertiary/aromatic N) is 1. The molecule has 0 radical (unpaired) electrons. The number of anilines is 1. The van der Waals surface area contributed by atoms with Crippen LogP contribution in [0.15, 0.2) is 18.2 Å². The normalized spacial score (nSPS) is 22.4. The van der Waals surface area contributed by atoms with Gasteiger partial charge in [0, 0.05) is 18.1 Å².